The molecule has 3 aromatic rings. The van der Waals surface area contributed by atoms with Crippen molar-refractivity contribution in [2.24, 2.45) is 5.92 Å². The van der Waals surface area contributed by atoms with Crippen LogP contribution in [0, 0.1) is 5.92 Å². The van der Waals surface area contributed by atoms with Crippen LogP contribution in [-0.2, 0) is 4.79 Å². The van der Waals surface area contributed by atoms with E-state index in [2.05, 4.69) is 66.0 Å². The van der Waals surface area contributed by atoms with Gasteiger partial charge in [0.2, 0.25) is 5.91 Å². The van der Waals surface area contributed by atoms with Gasteiger partial charge in [0.25, 0.3) is 0 Å². The topological polar surface area (TPSA) is 29.1 Å². The van der Waals surface area contributed by atoms with Crippen LogP contribution in [0.25, 0.3) is 11.1 Å². The molecule has 1 fully saturated rings. The molecule has 0 unspecified atom stereocenters. The quantitative estimate of drug-likeness (QED) is 0.616. The standard InChI is InChI=1S/C26H25NO/c28-26(24(19-12-4-5-13-19)18-10-2-1-3-11-18)27-25-22-16-8-6-14-20(22)21-15-7-9-17-23(21)25/h1-3,6-11,14-17,19,24-25H,4-5,12-13H2,(H,27,28)/t24-/m1/s1. The summed E-state index contributed by atoms with van der Waals surface area (Å²) >= 11 is 0. The lowest BCUT2D eigenvalue weighted by atomic mass is 9.83. The molecule has 28 heavy (non-hydrogen) atoms. The number of amides is 1. The van der Waals surface area contributed by atoms with Crippen LogP contribution in [0.15, 0.2) is 78.9 Å². The summed E-state index contributed by atoms with van der Waals surface area (Å²) in [5.41, 5.74) is 6.03. The molecule has 2 aliphatic rings. The zero-order valence-corrected chi connectivity index (χ0v) is 16.0. The Labute approximate surface area is 166 Å². The Morgan fingerprint density at radius 2 is 1.29 bits per heavy atom. The van der Waals surface area contributed by atoms with Gasteiger partial charge in [-0.1, -0.05) is 91.7 Å². The normalized spacial score (nSPS) is 17.1. The van der Waals surface area contributed by atoms with Crippen LogP contribution in [0.4, 0.5) is 0 Å². The van der Waals surface area contributed by atoms with E-state index in [9.17, 15) is 4.79 Å². The molecule has 0 aliphatic heterocycles. The van der Waals surface area contributed by atoms with E-state index in [4.69, 9.17) is 0 Å². The number of hydrogen-bond donors (Lipinski definition) is 1. The van der Waals surface area contributed by atoms with Crippen LogP contribution in [0.2, 0.25) is 0 Å². The largest absolute Gasteiger partial charge is 0.345 e. The average molecular weight is 367 g/mol. The van der Waals surface area contributed by atoms with Gasteiger partial charge in [-0.05, 0) is 46.6 Å². The molecular formula is C26H25NO. The molecule has 2 heteroatoms. The van der Waals surface area contributed by atoms with Crippen LogP contribution < -0.4 is 5.32 Å². The molecule has 0 saturated heterocycles. The van der Waals surface area contributed by atoms with E-state index in [0.717, 1.165) is 18.4 Å². The smallest absolute Gasteiger partial charge is 0.228 e. The van der Waals surface area contributed by atoms with Crippen molar-refractivity contribution in [2.45, 2.75) is 37.6 Å². The highest BCUT2D eigenvalue weighted by Crippen LogP contribution is 2.44. The second-order valence-corrected chi connectivity index (χ2v) is 8.05. The molecule has 2 nitrogen and oxygen atoms in total. The minimum absolute atomic E-state index is 0.0625. The minimum atomic E-state index is -0.0661. The Hall–Kier alpha value is -2.87. The molecule has 0 spiro atoms. The summed E-state index contributed by atoms with van der Waals surface area (Å²) in [4.78, 5) is 13.6. The zero-order valence-electron chi connectivity index (χ0n) is 16.0. The van der Waals surface area contributed by atoms with Gasteiger partial charge in [-0.15, -0.1) is 0 Å². The Kier molecular flexibility index (Phi) is 4.48. The molecule has 5 rings (SSSR count). The van der Waals surface area contributed by atoms with E-state index in [1.165, 1.54) is 35.1 Å². The molecular weight excluding hydrogens is 342 g/mol. The van der Waals surface area contributed by atoms with Gasteiger partial charge in [0.15, 0.2) is 0 Å². The first kappa shape index (κ1) is 17.2. The van der Waals surface area contributed by atoms with Gasteiger partial charge >= 0.3 is 0 Å². The molecule has 0 radical (unpaired) electrons. The SMILES string of the molecule is O=C(NC1c2ccccc2-c2ccccc21)[C@H](c1ccccc1)C1CCCC1. The summed E-state index contributed by atoms with van der Waals surface area (Å²) < 4.78 is 0. The van der Waals surface area contributed by atoms with Crippen molar-refractivity contribution in [1.29, 1.82) is 0 Å². The van der Waals surface area contributed by atoms with Crippen molar-refractivity contribution >= 4 is 5.91 Å². The summed E-state index contributed by atoms with van der Waals surface area (Å²) in [6.45, 7) is 0. The summed E-state index contributed by atoms with van der Waals surface area (Å²) in [5.74, 6) is 0.535. The summed E-state index contributed by atoms with van der Waals surface area (Å²) in [6, 6.07) is 27.2. The molecule has 1 atom stereocenters. The minimum Gasteiger partial charge on any atom is -0.345 e. The van der Waals surface area contributed by atoms with E-state index in [1.54, 1.807) is 0 Å². The summed E-state index contributed by atoms with van der Waals surface area (Å²) in [7, 11) is 0. The number of hydrogen-bond acceptors (Lipinski definition) is 1. The van der Waals surface area contributed by atoms with Crippen LogP contribution in [-0.4, -0.2) is 5.91 Å². The van der Waals surface area contributed by atoms with Gasteiger partial charge in [-0.3, -0.25) is 4.79 Å². The fourth-order valence-corrected chi connectivity index (χ4v) is 5.13. The van der Waals surface area contributed by atoms with E-state index in [-0.39, 0.29) is 17.9 Å². The van der Waals surface area contributed by atoms with Crippen LogP contribution in [0.3, 0.4) is 0 Å². The van der Waals surface area contributed by atoms with Gasteiger partial charge in [-0.2, -0.15) is 0 Å². The van der Waals surface area contributed by atoms with Crippen molar-refractivity contribution < 1.29 is 4.79 Å². The predicted octanol–water partition coefficient (Wildman–Crippen LogP) is 5.85. The highest BCUT2D eigenvalue weighted by atomic mass is 16.2. The number of fused-ring (bicyclic) bond motifs is 3. The molecule has 2 aliphatic carbocycles. The molecule has 0 heterocycles. The lowest BCUT2D eigenvalue weighted by Crippen LogP contribution is -2.35. The van der Waals surface area contributed by atoms with Gasteiger partial charge in [0.05, 0.1) is 12.0 Å². The molecule has 1 saturated carbocycles. The molecule has 1 N–H and O–H groups in total. The van der Waals surface area contributed by atoms with Crippen molar-refractivity contribution in [1.82, 2.24) is 5.32 Å². The van der Waals surface area contributed by atoms with E-state index in [0.29, 0.717) is 5.92 Å². The van der Waals surface area contributed by atoms with E-state index >= 15 is 0 Å². The third kappa shape index (κ3) is 2.93. The number of carbonyl (C=O) groups excluding carboxylic acids is 1. The lowest BCUT2D eigenvalue weighted by Gasteiger charge is -2.26. The Morgan fingerprint density at radius 3 is 1.89 bits per heavy atom. The Bertz CT molecular complexity index is 943. The first-order chi connectivity index (χ1) is 13.8. The van der Waals surface area contributed by atoms with Crippen molar-refractivity contribution in [3.8, 4) is 11.1 Å². The maximum absolute atomic E-state index is 13.6. The highest BCUT2D eigenvalue weighted by molar-refractivity contribution is 5.87. The molecule has 140 valence electrons. The van der Waals surface area contributed by atoms with E-state index < -0.39 is 0 Å². The predicted molar refractivity (Wildman–Crippen MR) is 113 cm³/mol. The van der Waals surface area contributed by atoms with Crippen LogP contribution >= 0.6 is 0 Å². The van der Waals surface area contributed by atoms with Crippen molar-refractivity contribution in [3.63, 3.8) is 0 Å². The first-order valence-corrected chi connectivity index (χ1v) is 10.4. The summed E-state index contributed by atoms with van der Waals surface area (Å²) in [6.07, 6.45) is 4.75. The Balaban J connectivity index is 1.50. The third-order valence-electron chi connectivity index (χ3n) is 6.43. The average Bonchev–Trinajstić information content (AvgIpc) is 3.37. The number of nitrogens with one attached hydrogen (secondary N) is 1. The first-order valence-electron chi connectivity index (χ1n) is 10.4. The number of rotatable bonds is 4. The molecule has 3 aromatic carbocycles. The third-order valence-corrected chi connectivity index (χ3v) is 6.43. The number of carbonyl (C=O) groups is 1. The highest BCUT2D eigenvalue weighted by Gasteiger charge is 2.35. The molecule has 0 aromatic heterocycles. The zero-order chi connectivity index (χ0) is 18.9. The fourth-order valence-electron chi connectivity index (χ4n) is 5.13. The van der Waals surface area contributed by atoms with Gasteiger partial charge < -0.3 is 5.32 Å². The van der Waals surface area contributed by atoms with Gasteiger partial charge in [0, 0.05) is 0 Å². The maximum Gasteiger partial charge on any atom is 0.228 e. The van der Waals surface area contributed by atoms with Crippen molar-refractivity contribution in [3.05, 3.63) is 95.6 Å². The summed E-state index contributed by atoms with van der Waals surface area (Å²) in [5, 5.41) is 3.43. The van der Waals surface area contributed by atoms with Gasteiger partial charge in [0.1, 0.15) is 0 Å². The second kappa shape index (κ2) is 7.27. The maximum atomic E-state index is 13.6. The fraction of sp³-hybridized carbons (Fsp3) is 0.269. The molecule has 0 bridgehead atoms. The van der Waals surface area contributed by atoms with Crippen molar-refractivity contribution in [2.75, 3.05) is 0 Å². The van der Waals surface area contributed by atoms with Crippen LogP contribution in [0.5, 0.6) is 0 Å². The van der Waals surface area contributed by atoms with Gasteiger partial charge in [-0.25, -0.2) is 0 Å². The number of benzene rings is 3. The Morgan fingerprint density at radius 1 is 0.750 bits per heavy atom. The lowest BCUT2D eigenvalue weighted by molar-refractivity contribution is -0.124. The second-order valence-electron chi connectivity index (χ2n) is 8.05. The molecule has 1 amide bonds. The monoisotopic (exact) mass is 367 g/mol. The van der Waals surface area contributed by atoms with Crippen LogP contribution in [0.1, 0.15) is 54.3 Å². The van der Waals surface area contributed by atoms with E-state index in [1.807, 2.05) is 18.2 Å².